The first-order chi connectivity index (χ1) is 12.0. The number of aliphatic hydroxyl groups is 1. The topological polar surface area (TPSA) is 134 Å². The van der Waals surface area contributed by atoms with Crippen LogP contribution in [0.3, 0.4) is 0 Å². The molecule has 0 spiro atoms. The Balaban J connectivity index is 1.97. The van der Waals surface area contributed by atoms with Gasteiger partial charge in [0.25, 0.3) is 0 Å². The Hall–Kier alpha value is -2.77. The Morgan fingerprint density at radius 3 is 2.72 bits per heavy atom. The second kappa shape index (κ2) is 8.91. The Bertz CT molecular complexity index is 647. The molecule has 25 heavy (non-hydrogen) atoms. The van der Waals surface area contributed by atoms with Crippen molar-refractivity contribution in [3.63, 3.8) is 0 Å². The van der Waals surface area contributed by atoms with E-state index in [4.69, 9.17) is 15.0 Å². The van der Waals surface area contributed by atoms with Gasteiger partial charge in [-0.1, -0.05) is 35.4 Å². The minimum Gasteiger partial charge on any atom is -0.460 e. The van der Waals surface area contributed by atoms with Crippen LogP contribution in [0, 0.1) is 0 Å². The smallest absolute Gasteiger partial charge is 0.407 e. The van der Waals surface area contributed by atoms with Crippen molar-refractivity contribution in [3.8, 4) is 0 Å². The third-order valence-corrected chi connectivity index (χ3v) is 3.90. The van der Waals surface area contributed by atoms with Gasteiger partial charge in [-0.2, -0.15) is 0 Å². The van der Waals surface area contributed by atoms with Crippen molar-refractivity contribution in [2.24, 2.45) is 5.11 Å². The molecule has 2 N–H and O–H groups in total. The summed E-state index contributed by atoms with van der Waals surface area (Å²) in [6.45, 7) is 1.34. The van der Waals surface area contributed by atoms with Crippen LogP contribution in [0.2, 0.25) is 0 Å². The number of carbonyl (C=O) groups is 2. The highest BCUT2D eigenvalue weighted by atomic mass is 16.6. The summed E-state index contributed by atoms with van der Waals surface area (Å²) in [6, 6.07) is 7.84. The molecule has 9 nitrogen and oxygen atoms in total. The van der Waals surface area contributed by atoms with E-state index in [0.29, 0.717) is 0 Å². The van der Waals surface area contributed by atoms with Gasteiger partial charge in [-0.3, -0.25) is 4.79 Å². The average molecular weight is 348 g/mol. The first kappa shape index (κ1) is 18.6. The lowest BCUT2D eigenvalue weighted by Crippen LogP contribution is -2.53. The fourth-order valence-corrected chi connectivity index (χ4v) is 2.73. The van der Waals surface area contributed by atoms with Gasteiger partial charge in [0.1, 0.15) is 12.7 Å². The molecule has 134 valence electrons. The number of nitrogens with zero attached hydrogens (tertiary/aromatic N) is 3. The molecule has 1 saturated carbocycles. The highest BCUT2D eigenvalue weighted by Gasteiger charge is 2.38. The number of benzene rings is 1. The lowest BCUT2D eigenvalue weighted by atomic mass is 9.86. The van der Waals surface area contributed by atoms with Gasteiger partial charge in [-0.15, -0.1) is 0 Å². The molecule has 0 radical (unpaired) electrons. The molecular weight excluding hydrogens is 328 g/mol. The molecule has 1 aromatic carbocycles. The standard InChI is InChI=1S/C16H20N4O5/c1-10(21)25-15-8-14(22)12(19-20-17)7-13(15)18-16(23)24-9-11-5-3-2-4-6-11/h2-6,12-15,22H,7-9H2,1H3,(H,18,23)/t12-,13+,14-,15+/m0/s1. The monoisotopic (exact) mass is 348 g/mol. The van der Waals surface area contributed by atoms with Crippen molar-refractivity contribution in [3.05, 3.63) is 46.3 Å². The van der Waals surface area contributed by atoms with Crippen LogP contribution in [-0.4, -0.2) is 41.5 Å². The molecule has 4 atom stereocenters. The molecule has 0 unspecified atom stereocenters. The van der Waals surface area contributed by atoms with E-state index in [2.05, 4.69) is 15.3 Å². The van der Waals surface area contributed by atoms with E-state index in [9.17, 15) is 14.7 Å². The lowest BCUT2D eigenvalue weighted by Gasteiger charge is -2.36. The van der Waals surface area contributed by atoms with Crippen LogP contribution < -0.4 is 5.32 Å². The summed E-state index contributed by atoms with van der Waals surface area (Å²) in [7, 11) is 0. The molecule has 2 rings (SSSR count). The number of azide groups is 1. The zero-order chi connectivity index (χ0) is 18.2. The minimum atomic E-state index is -0.946. The van der Waals surface area contributed by atoms with Crippen molar-refractivity contribution in [1.29, 1.82) is 0 Å². The van der Waals surface area contributed by atoms with Crippen LogP contribution in [0.1, 0.15) is 25.3 Å². The highest BCUT2D eigenvalue weighted by molar-refractivity contribution is 5.68. The Morgan fingerprint density at radius 2 is 2.08 bits per heavy atom. The number of hydrogen-bond acceptors (Lipinski definition) is 6. The summed E-state index contributed by atoms with van der Waals surface area (Å²) >= 11 is 0. The normalized spacial score (nSPS) is 25.4. The second-order valence-corrected chi connectivity index (χ2v) is 5.77. The fourth-order valence-electron chi connectivity index (χ4n) is 2.73. The van der Waals surface area contributed by atoms with E-state index in [1.54, 1.807) is 0 Å². The SMILES string of the molecule is CC(=O)O[C@@H]1C[C@H](O)[C@@H](N=[N+]=[N-])C[C@H]1NC(=O)OCc1ccccc1. The second-order valence-electron chi connectivity index (χ2n) is 5.77. The van der Waals surface area contributed by atoms with E-state index in [-0.39, 0.29) is 19.4 Å². The summed E-state index contributed by atoms with van der Waals surface area (Å²) in [5, 5.41) is 16.1. The van der Waals surface area contributed by atoms with Crippen molar-refractivity contribution < 1.29 is 24.2 Å². The van der Waals surface area contributed by atoms with Gasteiger partial charge in [-0.25, -0.2) is 4.79 Å². The summed E-state index contributed by atoms with van der Waals surface area (Å²) in [5.41, 5.74) is 9.41. The van der Waals surface area contributed by atoms with Crippen molar-refractivity contribution in [2.75, 3.05) is 0 Å². The largest absolute Gasteiger partial charge is 0.460 e. The van der Waals surface area contributed by atoms with Gasteiger partial charge in [0.2, 0.25) is 0 Å². The zero-order valence-electron chi connectivity index (χ0n) is 13.7. The molecule has 0 heterocycles. The van der Waals surface area contributed by atoms with Crippen LogP contribution in [0.25, 0.3) is 10.4 Å². The van der Waals surface area contributed by atoms with Crippen molar-refractivity contribution in [1.82, 2.24) is 5.32 Å². The van der Waals surface area contributed by atoms with Crippen molar-refractivity contribution >= 4 is 12.1 Å². The maximum atomic E-state index is 12.0. The van der Waals surface area contributed by atoms with Gasteiger partial charge < -0.3 is 19.9 Å². The van der Waals surface area contributed by atoms with Gasteiger partial charge in [-0.05, 0) is 17.5 Å². The molecule has 9 heteroatoms. The van der Waals surface area contributed by atoms with Crippen molar-refractivity contribution in [2.45, 2.75) is 50.7 Å². The predicted octanol–water partition coefficient (Wildman–Crippen LogP) is 2.05. The molecule has 0 aliphatic heterocycles. The number of hydrogen-bond donors (Lipinski definition) is 2. The van der Waals surface area contributed by atoms with E-state index < -0.39 is 36.4 Å². The number of carbonyl (C=O) groups excluding carboxylic acids is 2. The molecular formula is C16H20N4O5. The van der Waals surface area contributed by atoms with E-state index in [1.165, 1.54) is 6.92 Å². The van der Waals surface area contributed by atoms with Crippen LogP contribution in [0.15, 0.2) is 35.4 Å². The summed E-state index contributed by atoms with van der Waals surface area (Å²) in [4.78, 5) is 26.0. The zero-order valence-corrected chi connectivity index (χ0v) is 13.7. The van der Waals surface area contributed by atoms with Crippen LogP contribution in [0.5, 0.6) is 0 Å². The number of aliphatic hydroxyl groups excluding tert-OH is 1. The number of esters is 1. The molecule has 1 amide bonds. The molecule has 0 aromatic heterocycles. The minimum absolute atomic E-state index is 0.0624. The van der Waals surface area contributed by atoms with E-state index >= 15 is 0 Å². The first-order valence-corrected chi connectivity index (χ1v) is 7.86. The number of amides is 1. The summed E-state index contributed by atoms with van der Waals surface area (Å²) in [5.74, 6) is -0.524. The molecule has 1 aliphatic rings. The third kappa shape index (κ3) is 5.66. The van der Waals surface area contributed by atoms with Crippen LogP contribution in [0.4, 0.5) is 4.79 Å². The summed E-state index contributed by atoms with van der Waals surface area (Å²) < 4.78 is 10.3. The lowest BCUT2D eigenvalue weighted by molar-refractivity contribution is -0.151. The fraction of sp³-hybridized carbons (Fsp3) is 0.500. The van der Waals surface area contributed by atoms with E-state index in [0.717, 1.165) is 5.56 Å². The molecule has 0 bridgehead atoms. The third-order valence-electron chi connectivity index (χ3n) is 3.90. The Morgan fingerprint density at radius 1 is 1.36 bits per heavy atom. The highest BCUT2D eigenvalue weighted by Crippen LogP contribution is 2.25. The van der Waals surface area contributed by atoms with Gasteiger partial charge in [0.15, 0.2) is 0 Å². The summed E-state index contributed by atoms with van der Waals surface area (Å²) in [6.07, 6.45) is -2.14. The molecule has 1 fully saturated rings. The molecule has 1 aromatic rings. The van der Waals surface area contributed by atoms with Crippen LogP contribution >= 0.6 is 0 Å². The van der Waals surface area contributed by atoms with Gasteiger partial charge in [0.05, 0.1) is 18.2 Å². The van der Waals surface area contributed by atoms with E-state index in [1.807, 2.05) is 30.3 Å². The van der Waals surface area contributed by atoms with Gasteiger partial charge >= 0.3 is 12.1 Å². The number of nitrogens with one attached hydrogen (secondary N) is 1. The van der Waals surface area contributed by atoms with Gasteiger partial charge in [0, 0.05) is 18.3 Å². The first-order valence-electron chi connectivity index (χ1n) is 7.86. The molecule has 1 aliphatic carbocycles. The molecule has 0 saturated heterocycles. The number of alkyl carbamates (subject to hydrolysis) is 1. The maximum absolute atomic E-state index is 12.0. The number of ether oxygens (including phenoxy) is 2. The van der Waals surface area contributed by atoms with Crippen LogP contribution in [-0.2, 0) is 20.9 Å². The Kier molecular flexibility index (Phi) is 6.62. The maximum Gasteiger partial charge on any atom is 0.407 e. The predicted molar refractivity (Wildman–Crippen MR) is 87.3 cm³/mol. The Labute approximate surface area is 144 Å². The quantitative estimate of drug-likeness (QED) is 0.363. The average Bonchev–Trinajstić information content (AvgIpc) is 2.57. The number of rotatable bonds is 5.